The van der Waals surface area contributed by atoms with Gasteiger partial charge in [-0.25, -0.2) is 0 Å². The number of aliphatic hydroxyl groups is 8. The number of hydrogen-bond acceptors (Lipinski definition) is 13. The quantitative estimate of drug-likeness (QED) is 0.126. The molecule has 0 unspecified atom stereocenters. The van der Waals surface area contributed by atoms with Crippen LogP contribution in [0.2, 0.25) is 0 Å². The van der Waals surface area contributed by atoms with Crippen molar-refractivity contribution in [2.75, 3.05) is 19.8 Å². The maximum atomic E-state index is 13.0. The van der Waals surface area contributed by atoms with Crippen molar-refractivity contribution in [2.45, 2.75) is 173 Å². The first-order valence-corrected chi connectivity index (χ1v) is 21.0. The Hall–Kier alpha value is -1.27. The van der Waals surface area contributed by atoms with Gasteiger partial charge in [0.05, 0.1) is 31.3 Å². The topological polar surface area (TPSA) is 236 Å². The standard InChI is InChI=1S/C42H68O14/c1-37(2)13-15-42(36(51)52)16-14-40(5)21(22(42)17-37)7-8-26-38(3)11-10-27(39(4,20-44)25(38)9-12-41(26,40)6)56-35-33(50)31(48)29(46)24(55-35)19-53-34-32(49)30(47)28(45)23(18-43)54-34/h7,22-35,43-50H,8-20H2,1-6H3,(H,51,52)/t22-,23+,24+,25+,26+,27-,28-,29+,30-,31-,32+,33+,34-,35-,38-,39-,40+,41+,42-/m0/s1. The van der Waals surface area contributed by atoms with Gasteiger partial charge in [0, 0.05) is 5.41 Å². The summed E-state index contributed by atoms with van der Waals surface area (Å²) in [6, 6.07) is 0. The highest BCUT2D eigenvalue weighted by Gasteiger charge is 2.70. The highest BCUT2D eigenvalue weighted by Crippen LogP contribution is 2.76. The molecule has 0 spiro atoms. The molecule has 7 aliphatic rings. The fourth-order valence-corrected chi connectivity index (χ4v) is 13.6. The van der Waals surface area contributed by atoms with Crippen molar-refractivity contribution in [1.82, 2.24) is 0 Å². The molecule has 320 valence electrons. The van der Waals surface area contributed by atoms with E-state index in [1.54, 1.807) is 0 Å². The van der Waals surface area contributed by atoms with Crippen LogP contribution in [0, 0.1) is 50.2 Å². The second kappa shape index (κ2) is 14.7. The molecule has 0 aromatic heterocycles. The van der Waals surface area contributed by atoms with E-state index < -0.39 is 97.5 Å². The number of carboxylic acids is 1. The van der Waals surface area contributed by atoms with E-state index in [-0.39, 0.29) is 46.0 Å². The van der Waals surface area contributed by atoms with Crippen molar-refractivity contribution in [3.8, 4) is 0 Å². The van der Waals surface area contributed by atoms with Crippen LogP contribution in [0.1, 0.15) is 106 Å². The third kappa shape index (κ3) is 6.29. The zero-order chi connectivity index (χ0) is 41.0. The van der Waals surface area contributed by atoms with Crippen LogP contribution in [0.15, 0.2) is 11.6 Å². The summed E-state index contributed by atoms with van der Waals surface area (Å²) in [5.74, 6) is -0.324. The van der Waals surface area contributed by atoms with E-state index in [0.717, 1.165) is 44.9 Å². The van der Waals surface area contributed by atoms with Crippen molar-refractivity contribution >= 4 is 5.97 Å². The number of fused-ring (bicyclic) bond motifs is 7. The molecule has 19 atom stereocenters. The van der Waals surface area contributed by atoms with E-state index in [1.807, 2.05) is 6.92 Å². The van der Waals surface area contributed by atoms with E-state index in [0.29, 0.717) is 19.3 Å². The van der Waals surface area contributed by atoms with Gasteiger partial charge in [-0.1, -0.05) is 53.2 Å². The Morgan fingerprint density at radius 1 is 0.750 bits per heavy atom. The molecule has 0 radical (unpaired) electrons. The van der Waals surface area contributed by atoms with E-state index >= 15 is 0 Å². The third-order valence-electron chi connectivity index (χ3n) is 17.4. The molecule has 2 aliphatic heterocycles. The number of ether oxygens (including phenoxy) is 4. The van der Waals surface area contributed by atoms with Crippen molar-refractivity contribution in [3.05, 3.63) is 11.6 Å². The van der Waals surface area contributed by atoms with E-state index in [4.69, 9.17) is 18.9 Å². The molecular formula is C42H68O14. The lowest BCUT2D eigenvalue weighted by atomic mass is 9.33. The first kappa shape index (κ1) is 42.8. The first-order valence-electron chi connectivity index (χ1n) is 21.0. The van der Waals surface area contributed by atoms with Crippen LogP contribution in [-0.2, 0) is 23.7 Å². The molecule has 14 heteroatoms. The van der Waals surface area contributed by atoms with Crippen LogP contribution >= 0.6 is 0 Å². The summed E-state index contributed by atoms with van der Waals surface area (Å²) in [5, 5.41) is 95.1. The van der Waals surface area contributed by atoms with Gasteiger partial charge in [-0.2, -0.15) is 0 Å². The molecule has 4 saturated carbocycles. The number of carbonyl (C=O) groups is 1. The lowest BCUT2D eigenvalue weighted by Crippen LogP contribution is -2.67. The van der Waals surface area contributed by atoms with E-state index in [2.05, 4.69) is 40.7 Å². The number of aliphatic hydroxyl groups excluding tert-OH is 8. The van der Waals surface area contributed by atoms with Crippen LogP contribution < -0.4 is 0 Å². The molecule has 5 aliphatic carbocycles. The average molecular weight is 797 g/mol. The van der Waals surface area contributed by atoms with Crippen LogP contribution in [0.5, 0.6) is 0 Å². The van der Waals surface area contributed by atoms with Crippen molar-refractivity contribution in [3.63, 3.8) is 0 Å². The van der Waals surface area contributed by atoms with Crippen LogP contribution in [0.25, 0.3) is 0 Å². The smallest absolute Gasteiger partial charge is 0.310 e. The zero-order valence-electron chi connectivity index (χ0n) is 33.9. The van der Waals surface area contributed by atoms with Crippen molar-refractivity contribution in [2.24, 2.45) is 50.2 Å². The Balaban J connectivity index is 1.10. The van der Waals surface area contributed by atoms with Gasteiger partial charge in [0.15, 0.2) is 12.6 Å². The Kier molecular flexibility index (Phi) is 11.3. The number of carboxylic acid groups (broad SMARTS) is 1. The summed E-state index contributed by atoms with van der Waals surface area (Å²) in [4.78, 5) is 13.0. The zero-order valence-corrected chi connectivity index (χ0v) is 33.9. The number of allylic oxidation sites excluding steroid dienone is 2. The van der Waals surface area contributed by atoms with Gasteiger partial charge in [0.25, 0.3) is 0 Å². The molecule has 2 heterocycles. The van der Waals surface area contributed by atoms with Gasteiger partial charge in [0.2, 0.25) is 0 Å². The summed E-state index contributed by atoms with van der Waals surface area (Å²) in [6.07, 6.45) is -5.44. The number of hydrogen-bond donors (Lipinski definition) is 9. The maximum Gasteiger partial charge on any atom is 0.310 e. The van der Waals surface area contributed by atoms with Crippen molar-refractivity contribution in [1.29, 1.82) is 0 Å². The second-order valence-corrected chi connectivity index (χ2v) is 20.5. The number of aliphatic carboxylic acids is 1. The Bertz CT molecular complexity index is 1500. The predicted molar refractivity (Wildman–Crippen MR) is 199 cm³/mol. The van der Waals surface area contributed by atoms with Gasteiger partial charge >= 0.3 is 5.97 Å². The lowest BCUT2D eigenvalue weighted by molar-refractivity contribution is -0.347. The molecule has 0 aromatic carbocycles. The largest absolute Gasteiger partial charge is 0.481 e. The van der Waals surface area contributed by atoms with Crippen molar-refractivity contribution < 1.29 is 69.7 Å². The molecule has 0 bridgehead atoms. The highest BCUT2D eigenvalue weighted by atomic mass is 16.7. The molecule has 0 amide bonds. The fraction of sp³-hybridized carbons (Fsp3) is 0.929. The predicted octanol–water partition coefficient (Wildman–Crippen LogP) is 1.85. The normalized spacial score (nSPS) is 54.1. The Morgan fingerprint density at radius 3 is 2.02 bits per heavy atom. The molecule has 0 aromatic rings. The van der Waals surface area contributed by atoms with Crippen LogP contribution in [0.4, 0.5) is 0 Å². The van der Waals surface area contributed by atoms with Gasteiger partial charge in [0.1, 0.15) is 48.8 Å². The summed E-state index contributed by atoms with van der Waals surface area (Å²) in [7, 11) is 0. The summed E-state index contributed by atoms with van der Waals surface area (Å²) >= 11 is 0. The minimum absolute atomic E-state index is 0.0138. The van der Waals surface area contributed by atoms with Crippen LogP contribution in [0.3, 0.4) is 0 Å². The minimum Gasteiger partial charge on any atom is -0.481 e. The molecule has 2 saturated heterocycles. The number of rotatable bonds is 8. The summed E-state index contributed by atoms with van der Waals surface area (Å²) in [5.41, 5.74) is -0.474. The van der Waals surface area contributed by atoms with Crippen LogP contribution in [-0.4, -0.2) is 139 Å². The minimum atomic E-state index is -1.68. The summed E-state index contributed by atoms with van der Waals surface area (Å²) < 4.78 is 23.6. The SMILES string of the molecule is CC1(C)CC[C@]2(C(=O)O)CC[C@]3(C)C(=CC[C@@H]4[C@@]5(C)CC[C@H](O[C@@H]6O[C@H](CO[C@H]7O[C@H](CO)[C@H](O)[C@H](O)[C@H]7O)[C@@H](O)[C@H](O)[C@H]6O)[C@@](C)(CO)[C@@H]5CC[C@]43C)[C@@H]2C1. The first-order chi connectivity index (χ1) is 26.1. The molecular weight excluding hydrogens is 728 g/mol. The molecule has 6 fully saturated rings. The van der Waals surface area contributed by atoms with Gasteiger partial charge in [-0.05, 0) is 104 Å². The highest BCUT2D eigenvalue weighted by molar-refractivity contribution is 5.76. The molecule has 7 rings (SSSR count). The van der Waals surface area contributed by atoms with E-state index in [1.165, 1.54) is 5.57 Å². The Labute approximate surface area is 330 Å². The Morgan fingerprint density at radius 2 is 1.38 bits per heavy atom. The molecule has 14 nitrogen and oxygen atoms in total. The lowest BCUT2D eigenvalue weighted by Gasteiger charge is -2.71. The fourth-order valence-electron chi connectivity index (χ4n) is 13.6. The van der Waals surface area contributed by atoms with E-state index in [9.17, 15) is 50.8 Å². The second-order valence-electron chi connectivity index (χ2n) is 20.5. The average Bonchev–Trinajstić information content (AvgIpc) is 3.15. The van der Waals surface area contributed by atoms with Gasteiger partial charge < -0.3 is 64.9 Å². The maximum absolute atomic E-state index is 13.0. The monoisotopic (exact) mass is 796 g/mol. The third-order valence-corrected chi connectivity index (χ3v) is 17.4. The van der Waals surface area contributed by atoms with Gasteiger partial charge in [-0.15, -0.1) is 0 Å². The molecule has 56 heavy (non-hydrogen) atoms. The summed E-state index contributed by atoms with van der Waals surface area (Å²) in [6.45, 7) is 12.5. The van der Waals surface area contributed by atoms with Gasteiger partial charge in [-0.3, -0.25) is 4.79 Å². The molecule has 9 N–H and O–H groups in total.